The predicted molar refractivity (Wildman–Crippen MR) is 63.6 cm³/mol. The Morgan fingerprint density at radius 2 is 2.07 bits per heavy atom. The Kier molecular flexibility index (Phi) is 3.63. The SMILES string of the molecule is CCCN(C)c1c(NCC)c(=O)c1=S. The van der Waals surface area contributed by atoms with Crippen LogP contribution in [-0.4, -0.2) is 20.1 Å². The molecule has 0 atom stereocenters. The molecular weight excluding hydrogens is 196 g/mol. The summed E-state index contributed by atoms with van der Waals surface area (Å²) in [6, 6.07) is 0. The molecule has 0 aliphatic heterocycles. The second kappa shape index (κ2) is 4.55. The summed E-state index contributed by atoms with van der Waals surface area (Å²) in [7, 11) is 1.97. The van der Waals surface area contributed by atoms with Crippen LogP contribution in [0.5, 0.6) is 0 Å². The van der Waals surface area contributed by atoms with E-state index in [4.69, 9.17) is 12.2 Å². The summed E-state index contributed by atoms with van der Waals surface area (Å²) in [5.74, 6) is 0. The molecule has 0 aliphatic carbocycles. The van der Waals surface area contributed by atoms with Crippen molar-refractivity contribution in [2.45, 2.75) is 20.3 Å². The van der Waals surface area contributed by atoms with Crippen LogP contribution in [0.25, 0.3) is 0 Å². The molecule has 0 unspecified atom stereocenters. The highest BCUT2D eigenvalue weighted by atomic mass is 32.1. The summed E-state index contributed by atoms with van der Waals surface area (Å²) in [5, 5.41) is 3.05. The van der Waals surface area contributed by atoms with Crippen LogP contribution in [0, 0.1) is 4.51 Å². The maximum atomic E-state index is 11.4. The second-order valence-corrected chi connectivity index (χ2v) is 3.74. The van der Waals surface area contributed by atoms with Gasteiger partial charge in [-0.25, -0.2) is 0 Å². The van der Waals surface area contributed by atoms with Gasteiger partial charge < -0.3 is 10.2 Å². The largest absolute Gasteiger partial charge is 0.380 e. The smallest absolute Gasteiger partial charge is 0.223 e. The standard InChI is InChI=1S/C10H16N2OS/c1-4-6-12(3)8-7(11-5-2)9(13)10(8)14/h11H,4-6H2,1-3H3. The van der Waals surface area contributed by atoms with Gasteiger partial charge in [0.2, 0.25) is 5.43 Å². The minimum absolute atomic E-state index is 0.0141. The van der Waals surface area contributed by atoms with Crippen LogP contribution in [0.15, 0.2) is 4.79 Å². The van der Waals surface area contributed by atoms with Crippen LogP contribution in [0.1, 0.15) is 20.3 Å². The summed E-state index contributed by atoms with van der Waals surface area (Å²) in [5.41, 5.74) is 1.59. The molecule has 1 N–H and O–H groups in total. The normalized spacial score (nSPS) is 10.5. The lowest BCUT2D eigenvalue weighted by Gasteiger charge is -2.24. The first-order valence-corrected chi connectivity index (χ1v) is 5.32. The van der Waals surface area contributed by atoms with Crippen molar-refractivity contribution in [3.63, 3.8) is 0 Å². The average Bonchev–Trinajstić information content (AvgIpc) is 2.17. The Bertz CT molecular complexity index is 379. The van der Waals surface area contributed by atoms with Crippen molar-refractivity contribution < 1.29 is 0 Å². The van der Waals surface area contributed by atoms with Crippen LogP contribution in [0.3, 0.4) is 0 Å². The van der Waals surface area contributed by atoms with Gasteiger partial charge in [0.05, 0.1) is 5.69 Å². The molecule has 1 rings (SSSR count). The van der Waals surface area contributed by atoms with E-state index in [0.29, 0.717) is 10.2 Å². The van der Waals surface area contributed by atoms with Gasteiger partial charge in [0, 0.05) is 20.1 Å². The average molecular weight is 212 g/mol. The molecule has 0 saturated carbocycles. The van der Waals surface area contributed by atoms with Crippen molar-refractivity contribution in [1.82, 2.24) is 0 Å². The molecular formula is C10H16N2OS. The first-order valence-electron chi connectivity index (χ1n) is 4.91. The molecule has 0 spiro atoms. The van der Waals surface area contributed by atoms with Crippen molar-refractivity contribution >= 4 is 23.6 Å². The Balaban J connectivity index is 2.92. The molecule has 0 saturated heterocycles. The number of anilines is 2. The van der Waals surface area contributed by atoms with Gasteiger partial charge in [-0.1, -0.05) is 19.1 Å². The fraction of sp³-hybridized carbons (Fsp3) is 0.600. The lowest BCUT2D eigenvalue weighted by Crippen LogP contribution is -2.28. The number of hydrogen-bond acceptors (Lipinski definition) is 4. The lowest BCUT2D eigenvalue weighted by molar-refractivity contribution is 0.847. The summed E-state index contributed by atoms with van der Waals surface area (Å²) in [6.07, 6.45) is 1.05. The van der Waals surface area contributed by atoms with E-state index < -0.39 is 0 Å². The number of rotatable bonds is 5. The van der Waals surface area contributed by atoms with Crippen LogP contribution < -0.4 is 15.6 Å². The highest BCUT2D eigenvalue weighted by molar-refractivity contribution is 7.71. The van der Waals surface area contributed by atoms with Gasteiger partial charge in [-0.05, 0) is 13.3 Å². The van der Waals surface area contributed by atoms with Crippen LogP contribution in [-0.2, 0) is 0 Å². The van der Waals surface area contributed by atoms with Gasteiger partial charge in [0.15, 0.2) is 0 Å². The van der Waals surface area contributed by atoms with E-state index in [1.165, 1.54) is 0 Å². The predicted octanol–water partition coefficient (Wildman–Crippen LogP) is 1.93. The molecule has 1 aromatic carbocycles. The second-order valence-electron chi connectivity index (χ2n) is 3.33. The molecule has 0 fully saturated rings. The van der Waals surface area contributed by atoms with Gasteiger partial charge >= 0.3 is 0 Å². The van der Waals surface area contributed by atoms with Gasteiger partial charge in [0.25, 0.3) is 0 Å². The van der Waals surface area contributed by atoms with Crippen molar-refractivity contribution in [3.05, 3.63) is 14.7 Å². The third-order valence-corrected chi connectivity index (χ3v) is 2.56. The summed E-state index contributed by atoms with van der Waals surface area (Å²) >= 11 is 5.02. The number of hydrogen-bond donors (Lipinski definition) is 1. The van der Waals surface area contributed by atoms with E-state index in [-0.39, 0.29) is 5.43 Å². The maximum absolute atomic E-state index is 11.4. The van der Waals surface area contributed by atoms with E-state index in [9.17, 15) is 4.79 Å². The number of nitrogens with zero attached hydrogens (tertiary/aromatic N) is 1. The molecule has 0 amide bonds. The van der Waals surface area contributed by atoms with Gasteiger partial charge in [-0.3, -0.25) is 4.79 Å². The van der Waals surface area contributed by atoms with E-state index in [1.807, 2.05) is 18.9 Å². The number of nitrogens with one attached hydrogen (secondary N) is 1. The van der Waals surface area contributed by atoms with Crippen LogP contribution in [0.2, 0.25) is 0 Å². The monoisotopic (exact) mass is 212 g/mol. The van der Waals surface area contributed by atoms with E-state index in [2.05, 4.69) is 12.2 Å². The summed E-state index contributed by atoms with van der Waals surface area (Å²) < 4.78 is 0.469. The van der Waals surface area contributed by atoms with Gasteiger partial charge in [-0.2, -0.15) is 0 Å². The molecule has 0 heterocycles. The molecule has 1 aromatic rings. The molecule has 0 aliphatic rings. The molecule has 0 aromatic heterocycles. The Hall–Kier alpha value is -0.900. The zero-order valence-electron chi connectivity index (χ0n) is 8.89. The maximum Gasteiger partial charge on any atom is 0.223 e. The highest BCUT2D eigenvalue weighted by Crippen LogP contribution is 2.26. The van der Waals surface area contributed by atoms with E-state index in [0.717, 1.165) is 25.2 Å². The fourth-order valence-electron chi connectivity index (χ4n) is 1.53. The molecule has 3 nitrogen and oxygen atoms in total. The molecule has 0 bridgehead atoms. The first kappa shape index (κ1) is 11.2. The van der Waals surface area contributed by atoms with Crippen LogP contribution >= 0.6 is 12.2 Å². The van der Waals surface area contributed by atoms with Crippen molar-refractivity contribution in [2.24, 2.45) is 0 Å². The Morgan fingerprint density at radius 1 is 1.43 bits per heavy atom. The third-order valence-electron chi connectivity index (χ3n) is 2.18. The minimum Gasteiger partial charge on any atom is -0.380 e. The van der Waals surface area contributed by atoms with Crippen molar-refractivity contribution in [2.75, 3.05) is 30.4 Å². The van der Waals surface area contributed by atoms with Crippen molar-refractivity contribution in [1.29, 1.82) is 0 Å². The van der Waals surface area contributed by atoms with E-state index >= 15 is 0 Å². The summed E-state index contributed by atoms with van der Waals surface area (Å²) in [6.45, 7) is 5.76. The van der Waals surface area contributed by atoms with Gasteiger partial charge in [-0.15, -0.1) is 0 Å². The molecule has 14 heavy (non-hydrogen) atoms. The van der Waals surface area contributed by atoms with E-state index in [1.54, 1.807) is 0 Å². The minimum atomic E-state index is -0.0141. The first-order chi connectivity index (χ1) is 6.63. The zero-order chi connectivity index (χ0) is 10.7. The quantitative estimate of drug-likeness (QED) is 0.756. The molecule has 4 heteroatoms. The molecule has 78 valence electrons. The Morgan fingerprint density at radius 3 is 2.57 bits per heavy atom. The van der Waals surface area contributed by atoms with Crippen molar-refractivity contribution in [3.8, 4) is 0 Å². The van der Waals surface area contributed by atoms with Crippen LogP contribution in [0.4, 0.5) is 11.4 Å². The van der Waals surface area contributed by atoms with Gasteiger partial charge in [0.1, 0.15) is 10.2 Å². The zero-order valence-corrected chi connectivity index (χ0v) is 9.70. The Labute approximate surface area is 89.4 Å². The topological polar surface area (TPSA) is 32.3 Å². The molecule has 0 radical (unpaired) electrons. The third kappa shape index (κ3) is 1.80. The lowest BCUT2D eigenvalue weighted by atomic mass is 10.2. The fourth-order valence-corrected chi connectivity index (χ4v) is 1.89. The summed E-state index contributed by atoms with van der Waals surface area (Å²) in [4.78, 5) is 13.4. The highest BCUT2D eigenvalue weighted by Gasteiger charge is 2.19.